The van der Waals surface area contributed by atoms with Gasteiger partial charge in [0.25, 0.3) is 0 Å². The summed E-state index contributed by atoms with van der Waals surface area (Å²) in [5.74, 6) is 0. The number of carbonyl (C=O) groups is 1. The first kappa shape index (κ1) is 7.50. The zero-order chi connectivity index (χ0) is 9.26. The van der Waals surface area contributed by atoms with Gasteiger partial charge in [0.2, 0.25) is 0 Å². The third-order valence-corrected chi connectivity index (χ3v) is 1.85. The molecule has 0 spiro atoms. The molecule has 4 heteroatoms. The Kier molecular flexibility index (Phi) is 1.57. The summed E-state index contributed by atoms with van der Waals surface area (Å²) in [5.41, 5.74) is 1.51. The van der Waals surface area contributed by atoms with Crippen molar-refractivity contribution >= 4 is 17.3 Å². The van der Waals surface area contributed by atoms with Crippen LogP contribution in [-0.2, 0) is 0 Å². The summed E-state index contributed by atoms with van der Waals surface area (Å²) in [6, 6.07) is 3.60. The molecule has 13 heavy (non-hydrogen) atoms. The molecule has 0 amide bonds. The summed E-state index contributed by atoms with van der Waals surface area (Å²) in [4.78, 5) is 17.4. The van der Waals surface area contributed by atoms with Gasteiger partial charge in [-0.2, -0.15) is 5.26 Å². The second-order valence-corrected chi connectivity index (χ2v) is 2.56. The van der Waals surface area contributed by atoms with Crippen LogP contribution in [0.5, 0.6) is 0 Å². The van der Waals surface area contributed by atoms with Gasteiger partial charge in [0.1, 0.15) is 5.65 Å². The highest BCUT2D eigenvalue weighted by Gasteiger charge is 2.07. The van der Waals surface area contributed by atoms with Crippen molar-refractivity contribution in [2.45, 2.75) is 0 Å². The van der Waals surface area contributed by atoms with Gasteiger partial charge in [-0.25, -0.2) is 4.98 Å². The number of aromatic amines is 1. The number of H-pyrrole nitrogens is 1. The van der Waals surface area contributed by atoms with Gasteiger partial charge in [-0.3, -0.25) is 4.79 Å². The number of hydrogen-bond acceptors (Lipinski definition) is 3. The third kappa shape index (κ3) is 0.983. The summed E-state index contributed by atoms with van der Waals surface area (Å²) in [7, 11) is 0. The quantitative estimate of drug-likeness (QED) is 0.656. The zero-order valence-corrected chi connectivity index (χ0v) is 6.61. The van der Waals surface area contributed by atoms with Gasteiger partial charge in [-0.05, 0) is 6.07 Å². The van der Waals surface area contributed by atoms with Crippen molar-refractivity contribution in [2.24, 2.45) is 0 Å². The molecule has 62 valence electrons. The lowest BCUT2D eigenvalue weighted by Gasteiger charge is -1.91. The monoisotopic (exact) mass is 171 g/mol. The maximum atomic E-state index is 10.6. The number of aromatic nitrogens is 2. The van der Waals surface area contributed by atoms with Gasteiger partial charge in [-0.1, -0.05) is 0 Å². The van der Waals surface area contributed by atoms with Crippen molar-refractivity contribution in [1.82, 2.24) is 9.97 Å². The molecule has 0 saturated carbocycles. The fraction of sp³-hybridized carbons (Fsp3) is 0. The predicted octanol–water partition coefficient (Wildman–Crippen LogP) is 1.25. The molecular formula is C9H5N3O. The number of aldehydes is 1. The van der Waals surface area contributed by atoms with E-state index in [0.717, 1.165) is 0 Å². The van der Waals surface area contributed by atoms with Crippen LogP contribution in [-0.4, -0.2) is 16.3 Å². The topological polar surface area (TPSA) is 69.5 Å². The number of pyridine rings is 1. The lowest BCUT2D eigenvalue weighted by atomic mass is 10.1. The van der Waals surface area contributed by atoms with Crippen LogP contribution in [0.25, 0.3) is 11.0 Å². The van der Waals surface area contributed by atoms with E-state index in [1.165, 1.54) is 6.20 Å². The molecule has 4 nitrogen and oxygen atoms in total. The number of fused-ring (bicyclic) bond motifs is 1. The van der Waals surface area contributed by atoms with Crippen molar-refractivity contribution in [3.63, 3.8) is 0 Å². The number of carbonyl (C=O) groups excluding carboxylic acids is 1. The van der Waals surface area contributed by atoms with Crippen molar-refractivity contribution in [2.75, 3.05) is 0 Å². The van der Waals surface area contributed by atoms with Gasteiger partial charge < -0.3 is 4.98 Å². The van der Waals surface area contributed by atoms with E-state index < -0.39 is 0 Å². The highest BCUT2D eigenvalue weighted by molar-refractivity contribution is 5.98. The average Bonchev–Trinajstić information content (AvgIpc) is 2.60. The molecule has 0 radical (unpaired) electrons. The van der Waals surface area contributed by atoms with Gasteiger partial charge >= 0.3 is 0 Å². The number of nitrogens with zero attached hydrogens (tertiary/aromatic N) is 2. The molecule has 0 aliphatic carbocycles. The van der Waals surface area contributed by atoms with Gasteiger partial charge in [0.05, 0.1) is 11.6 Å². The Balaban J connectivity index is 2.93. The van der Waals surface area contributed by atoms with Crippen LogP contribution in [0, 0.1) is 11.3 Å². The molecular weight excluding hydrogens is 166 g/mol. The molecule has 2 heterocycles. The molecule has 0 bridgehead atoms. The van der Waals surface area contributed by atoms with Crippen LogP contribution < -0.4 is 0 Å². The van der Waals surface area contributed by atoms with Crippen molar-refractivity contribution in [3.05, 3.63) is 29.6 Å². The Morgan fingerprint density at radius 3 is 3.15 bits per heavy atom. The van der Waals surface area contributed by atoms with Crippen molar-refractivity contribution < 1.29 is 4.79 Å². The summed E-state index contributed by atoms with van der Waals surface area (Å²) < 4.78 is 0. The second kappa shape index (κ2) is 2.72. The number of hydrogen-bond donors (Lipinski definition) is 1. The smallest absolute Gasteiger partial charge is 0.152 e. The predicted molar refractivity (Wildman–Crippen MR) is 46.2 cm³/mol. The number of nitrogens with one attached hydrogen (secondary N) is 1. The van der Waals surface area contributed by atoms with E-state index in [9.17, 15) is 4.79 Å². The van der Waals surface area contributed by atoms with E-state index >= 15 is 0 Å². The highest BCUT2D eigenvalue weighted by Crippen LogP contribution is 2.18. The molecule has 0 atom stereocenters. The van der Waals surface area contributed by atoms with E-state index in [1.807, 2.05) is 6.07 Å². The molecule has 0 aromatic carbocycles. The average molecular weight is 171 g/mol. The summed E-state index contributed by atoms with van der Waals surface area (Å²) >= 11 is 0. The fourth-order valence-electron chi connectivity index (χ4n) is 1.27. The molecule has 0 fully saturated rings. The molecule has 2 rings (SSSR count). The largest absolute Gasteiger partial charge is 0.345 e. The van der Waals surface area contributed by atoms with E-state index in [1.54, 1.807) is 12.3 Å². The van der Waals surface area contributed by atoms with Crippen LogP contribution in [0.15, 0.2) is 18.5 Å². The summed E-state index contributed by atoms with van der Waals surface area (Å²) in [6.07, 6.45) is 3.79. The first-order chi connectivity index (χ1) is 6.36. The molecule has 2 aromatic rings. The van der Waals surface area contributed by atoms with E-state index in [4.69, 9.17) is 5.26 Å². The first-order valence-corrected chi connectivity index (χ1v) is 3.68. The fourth-order valence-corrected chi connectivity index (χ4v) is 1.27. The van der Waals surface area contributed by atoms with E-state index in [2.05, 4.69) is 9.97 Å². The Labute approximate surface area is 73.8 Å². The number of rotatable bonds is 1. The maximum absolute atomic E-state index is 10.6. The molecule has 0 aliphatic rings. The third-order valence-electron chi connectivity index (χ3n) is 1.85. The Morgan fingerprint density at radius 2 is 2.46 bits per heavy atom. The zero-order valence-electron chi connectivity index (χ0n) is 6.61. The van der Waals surface area contributed by atoms with Gasteiger partial charge in [0.15, 0.2) is 6.29 Å². The van der Waals surface area contributed by atoms with Crippen LogP contribution in [0.3, 0.4) is 0 Å². The molecule has 0 unspecified atom stereocenters. The molecule has 2 aromatic heterocycles. The Morgan fingerprint density at radius 1 is 1.62 bits per heavy atom. The summed E-state index contributed by atoms with van der Waals surface area (Å²) in [6.45, 7) is 0. The minimum Gasteiger partial charge on any atom is -0.345 e. The van der Waals surface area contributed by atoms with Crippen LogP contribution in [0.4, 0.5) is 0 Å². The Bertz CT molecular complexity index is 507. The van der Waals surface area contributed by atoms with E-state index in [-0.39, 0.29) is 0 Å². The van der Waals surface area contributed by atoms with Crippen LogP contribution in [0.1, 0.15) is 15.9 Å². The Hall–Kier alpha value is -2.15. The molecule has 0 saturated heterocycles. The van der Waals surface area contributed by atoms with Crippen molar-refractivity contribution in [1.29, 1.82) is 5.26 Å². The summed E-state index contributed by atoms with van der Waals surface area (Å²) in [5, 5.41) is 9.36. The second-order valence-electron chi connectivity index (χ2n) is 2.56. The minimum atomic E-state index is 0.466. The maximum Gasteiger partial charge on any atom is 0.152 e. The molecule has 0 aliphatic heterocycles. The minimum absolute atomic E-state index is 0.466. The van der Waals surface area contributed by atoms with Crippen LogP contribution in [0.2, 0.25) is 0 Å². The SMILES string of the molecule is N#Cc1ccnc2[nH]cc(C=O)c12. The molecule has 1 N–H and O–H groups in total. The van der Waals surface area contributed by atoms with E-state index in [0.29, 0.717) is 28.4 Å². The standard InChI is InChI=1S/C9H5N3O/c10-3-6-1-2-11-9-8(6)7(5-13)4-12-9/h1-2,4-5H,(H,11,12). The normalized spacial score (nSPS) is 9.77. The number of nitriles is 1. The van der Waals surface area contributed by atoms with Gasteiger partial charge in [0, 0.05) is 23.3 Å². The lowest BCUT2D eigenvalue weighted by Crippen LogP contribution is -1.83. The van der Waals surface area contributed by atoms with Gasteiger partial charge in [-0.15, -0.1) is 0 Å². The van der Waals surface area contributed by atoms with Crippen LogP contribution >= 0.6 is 0 Å². The van der Waals surface area contributed by atoms with Crippen molar-refractivity contribution in [3.8, 4) is 6.07 Å². The lowest BCUT2D eigenvalue weighted by molar-refractivity contribution is 0.112. The first-order valence-electron chi connectivity index (χ1n) is 3.68. The highest BCUT2D eigenvalue weighted by atomic mass is 16.1.